The van der Waals surface area contributed by atoms with Crippen molar-refractivity contribution >= 4 is 56.1 Å². The third-order valence-corrected chi connectivity index (χ3v) is 13.3. The highest BCUT2D eigenvalue weighted by Gasteiger charge is 2.44. The standard InChI is InChI=1S/C58H50N2O4/c1-34-26-46-54-47(27-34)60(41-19-16-39(17-20-41)57(2,3)4)55-43(21-23-50-56(55)62-25-24-61-50)53(54)44-33-40(58(5,6)7)18-22-45(44)59(46)42-29-37(51-31-35-12-8-10-14-48(35)63-51)28-38(30-42)52-32-36-13-9-11-15-49(36)64-52/h8-23,26-33,53H,24-25H2,1-7H3. The molecule has 7 aromatic carbocycles. The van der Waals surface area contributed by atoms with Crippen LogP contribution in [0.15, 0.2) is 154 Å². The van der Waals surface area contributed by atoms with Gasteiger partial charge in [0.25, 0.3) is 0 Å². The van der Waals surface area contributed by atoms with Crippen molar-refractivity contribution in [2.45, 2.75) is 65.2 Å². The summed E-state index contributed by atoms with van der Waals surface area (Å²) in [6.45, 7) is 16.9. The molecule has 1 atom stereocenters. The summed E-state index contributed by atoms with van der Waals surface area (Å²) < 4.78 is 26.2. The van der Waals surface area contributed by atoms with E-state index in [1.165, 1.54) is 27.8 Å². The Hall–Kier alpha value is -7.18. The molecular weight excluding hydrogens is 789 g/mol. The minimum atomic E-state index is -0.0940. The Morgan fingerprint density at radius 2 is 1.09 bits per heavy atom. The van der Waals surface area contributed by atoms with E-state index in [-0.39, 0.29) is 16.7 Å². The van der Waals surface area contributed by atoms with Crippen LogP contribution in [-0.2, 0) is 10.8 Å². The second-order valence-electron chi connectivity index (χ2n) is 19.7. The van der Waals surface area contributed by atoms with Gasteiger partial charge in [0.1, 0.15) is 35.9 Å². The molecule has 0 saturated carbocycles. The van der Waals surface area contributed by atoms with Gasteiger partial charge in [-0.1, -0.05) is 108 Å². The Labute approximate surface area is 374 Å². The molecule has 0 spiro atoms. The molecule has 3 aliphatic heterocycles. The van der Waals surface area contributed by atoms with E-state index >= 15 is 0 Å². The van der Waals surface area contributed by atoms with Gasteiger partial charge in [-0.05, 0) is 124 Å². The fourth-order valence-electron chi connectivity index (χ4n) is 10.1. The van der Waals surface area contributed by atoms with Crippen molar-refractivity contribution < 1.29 is 18.3 Å². The first-order chi connectivity index (χ1) is 30.9. The molecule has 0 saturated heterocycles. The molecule has 3 aliphatic rings. The summed E-state index contributed by atoms with van der Waals surface area (Å²) in [6.07, 6.45) is 0. The predicted octanol–water partition coefficient (Wildman–Crippen LogP) is 15.9. The van der Waals surface area contributed by atoms with Gasteiger partial charge in [-0.3, -0.25) is 0 Å². The second-order valence-corrected chi connectivity index (χ2v) is 19.7. The van der Waals surface area contributed by atoms with E-state index in [0.29, 0.717) is 13.2 Å². The maximum atomic E-state index is 6.65. The number of fused-ring (bicyclic) bond motifs is 8. The fourth-order valence-corrected chi connectivity index (χ4v) is 10.1. The normalized spacial score (nSPS) is 15.3. The molecule has 0 N–H and O–H groups in total. The SMILES string of the molecule is Cc1cc2c3c(c1)N(c1ccc(C(C)(C)C)cc1)c1c(ccc4c1OCCO4)C3c1cc(C(C)(C)C)ccc1N2c1cc(-c2cc3ccccc3o2)cc(-c2cc3ccccc3o2)c1. The van der Waals surface area contributed by atoms with Crippen LogP contribution in [0.1, 0.15) is 80.8 Å². The van der Waals surface area contributed by atoms with Gasteiger partial charge in [0.15, 0.2) is 11.5 Å². The first-order valence-electron chi connectivity index (χ1n) is 22.4. The first kappa shape index (κ1) is 38.5. The zero-order valence-corrected chi connectivity index (χ0v) is 37.4. The molecule has 0 aliphatic carbocycles. The van der Waals surface area contributed by atoms with Crippen LogP contribution in [0, 0.1) is 6.92 Å². The summed E-state index contributed by atoms with van der Waals surface area (Å²) >= 11 is 0. The van der Waals surface area contributed by atoms with Crippen LogP contribution >= 0.6 is 0 Å². The summed E-state index contributed by atoms with van der Waals surface area (Å²) in [4.78, 5) is 4.91. The summed E-state index contributed by atoms with van der Waals surface area (Å²) in [5.41, 5.74) is 17.5. The third kappa shape index (κ3) is 6.06. The van der Waals surface area contributed by atoms with Crippen molar-refractivity contribution in [3.63, 3.8) is 0 Å². The molecule has 1 unspecified atom stereocenters. The number of benzene rings is 7. The van der Waals surface area contributed by atoms with Gasteiger partial charge >= 0.3 is 0 Å². The number of hydrogen-bond donors (Lipinski definition) is 0. The highest BCUT2D eigenvalue weighted by Crippen LogP contribution is 2.64. The summed E-state index contributed by atoms with van der Waals surface area (Å²) in [6, 6.07) is 52.8. The van der Waals surface area contributed by atoms with Gasteiger partial charge in [-0.25, -0.2) is 0 Å². The van der Waals surface area contributed by atoms with Crippen LogP contribution in [0.5, 0.6) is 11.5 Å². The van der Waals surface area contributed by atoms with E-state index in [2.05, 4.69) is 180 Å². The van der Waals surface area contributed by atoms with E-state index in [4.69, 9.17) is 18.3 Å². The minimum absolute atomic E-state index is 0.00908. The highest BCUT2D eigenvalue weighted by atomic mass is 16.6. The lowest BCUT2D eigenvalue weighted by Crippen LogP contribution is -2.31. The topological polar surface area (TPSA) is 51.2 Å². The van der Waals surface area contributed by atoms with Gasteiger partial charge in [0.2, 0.25) is 0 Å². The van der Waals surface area contributed by atoms with Crippen molar-refractivity contribution in [2.75, 3.05) is 23.0 Å². The molecule has 0 fully saturated rings. The maximum Gasteiger partial charge on any atom is 0.185 e. The zero-order valence-electron chi connectivity index (χ0n) is 37.4. The molecule has 0 amide bonds. The summed E-state index contributed by atoms with van der Waals surface area (Å²) in [7, 11) is 0. The Kier molecular flexibility index (Phi) is 8.37. The lowest BCUT2D eigenvalue weighted by atomic mass is 9.73. The van der Waals surface area contributed by atoms with Gasteiger partial charge in [-0.2, -0.15) is 0 Å². The number of hydrogen-bond acceptors (Lipinski definition) is 6. The van der Waals surface area contributed by atoms with Crippen LogP contribution in [0.3, 0.4) is 0 Å². The molecule has 64 heavy (non-hydrogen) atoms. The van der Waals surface area contributed by atoms with E-state index in [1.54, 1.807) is 0 Å². The van der Waals surface area contributed by atoms with Crippen LogP contribution < -0.4 is 19.3 Å². The lowest BCUT2D eigenvalue weighted by molar-refractivity contribution is 0.172. The molecule has 5 heterocycles. The number of aryl methyl sites for hydroxylation is 1. The Balaban J connectivity index is 1.16. The Morgan fingerprint density at radius 1 is 0.500 bits per heavy atom. The molecule has 316 valence electrons. The second kappa shape index (κ2) is 13.9. The Bertz CT molecular complexity index is 3180. The van der Waals surface area contributed by atoms with Gasteiger partial charge in [0.05, 0.1) is 22.7 Å². The molecule has 2 aromatic heterocycles. The van der Waals surface area contributed by atoms with Crippen LogP contribution in [0.25, 0.3) is 44.6 Å². The number of furan rings is 2. The third-order valence-electron chi connectivity index (χ3n) is 13.3. The van der Waals surface area contributed by atoms with E-state index in [1.807, 2.05) is 24.3 Å². The number of nitrogens with zero attached hydrogens (tertiary/aromatic N) is 2. The zero-order chi connectivity index (χ0) is 43.6. The van der Waals surface area contributed by atoms with Crippen molar-refractivity contribution in [1.82, 2.24) is 0 Å². The number of anilines is 6. The molecular formula is C58H50N2O4. The predicted molar refractivity (Wildman–Crippen MR) is 260 cm³/mol. The van der Waals surface area contributed by atoms with E-state index in [0.717, 1.165) is 95.8 Å². The molecule has 0 radical (unpaired) electrons. The van der Waals surface area contributed by atoms with Gasteiger partial charge < -0.3 is 28.1 Å². The van der Waals surface area contributed by atoms with Crippen LogP contribution in [0.4, 0.5) is 34.1 Å². The highest BCUT2D eigenvalue weighted by molar-refractivity contribution is 5.99. The molecule has 12 rings (SSSR count). The monoisotopic (exact) mass is 838 g/mol. The lowest BCUT2D eigenvalue weighted by Gasteiger charge is -2.46. The van der Waals surface area contributed by atoms with E-state index in [9.17, 15) is 0 Å². The summed E-state index contributed by atoms with van der Waals surface area (Å²) in [5, 5.41) is 2.13. The Morgan fingerprint density at radius 3 is 1.72 bits per heavy atom. The average Bonchev–Trinajstić information content (AvgIpc) is 3.93. The van der Waals surface area contributed by atoms with Gasteiger partial charge in [0, 0.05) is 44.8 Å². The van der Waals surface area contributed by atoms with Crippen molar-refractivity contribution in [3.8, 4) is 34.1 Å². The largest absolute Gasteiger partial charge is 0.486 e. The number of ether oxygens (including phenoxy) is 2. The maximum absolute atomic E-state index is 6.65. The molecule has 9 aromatic rings. The summed E-state index contributed by atoms with van der Waals surface area (Å²) in [5.74, 6) is 3.08. The van der Waals surface area contributed by atoms with Crippen molar-refractivity contribution in [3.05, 3.63) is 179 Å². The molecule has 6 nitrogen and oxygen atoms in total. The van der Waals surface area contributed by atoms with Crippen molar-refractivity contribution in [1.29, 1.82) is 0 Å². The van der Waals surface area contributed by atoms with Crippen LogP contribution in [-0.4, -0.2) is 13.2 Å². The van der Waals surface area contributed by atoms with Crippen molar-refractivity contribution in [2.24, 2.45) is 0 Å². The molecule has 6 heteroatoms. The fraction of sp³-hybridized carbons (Fsp3) is 0.207. The quantitative estimate of drug-likeness (QED) is 0.176. The first-order valence-corrected chi connectivity index (χ1v) is 22.4. The minimum Gasteiger partial charge on any atom is -0.486 e. The average molecular weight is 839 g/mol. The number of para-hydroxylation sites is 2. The van der Waals surface area contributed by atoms with Crippen LogP contribution in [0.2, 0.25) is 0 Å². The number of rotatable bonds is 4. The smallest absolute Gasteiger partial charge is 0.185 e. The van der Waals surface area contributed by atoms with Gasteiger partial charge in [-0.15, -0.1) is 0 Å². The molecule has 0 bridgehead atoms. The van der Waals surface area contributed by atoms with E-state index < -0.39 is 0 Å².